The van der Waals surface area contributed by atoms with Crippen molar-refractivity contribution in [2.75, 3.05) is 6.61 Å². The van der Waals surface area contributed by atoms with Crippen LogP contribution in [0, 0.1) is 5.92 Å². The molecule has 0 radical (unpaired) electrons. The minimum Gasteiger partial charge on any atom is -0.396 e. The van der Waals surface area contributed by atoms with Crippen LogP contribution in [0.4, 0.5) is 0 Å². The van der Waals surface area contributed by atoms with Gasteiger partial charge in [-0.15, -0.1) is 0 Å². The van der Waals surface area contributed by atoms with Crippen molar-refractivity contribution in [3.63, 3.8) is 0 Å². The standard InChI is InChI=1S/C10H22O/c1-3-6-10(7-4-2)8-5-9-11/h10-11H,3-9H2,1-2H3/i3D2/t10-/m0/s1. The zero-order chi connectivity index (χ0) is 10.3. The maximum absolute atomic E-state index is 8.69. The van der Waals surface area contributed by atoms with Crippen LogP contribution in [0.5, 0.6) is 0 Å². The molecule has 0 aromatic heterocycles. The zero-order valence-electron chi connectivity index (χ0n) is 9.77. The molecule has 11 heavy (non-hydrogen) atoms. The minimum absolute atomic E-state index is 0.229. The van der Waals surface area contributed by atoms with E-state index in [2.05, 4.69) is 6.92 Å². The maximum atomic E-state index is 8.69. The summed E-state index contributed by atoms with van der Waals surface area (Å²) in [5, 5.41) is 8.69. The third kappa shape index (κ3) is 6.36. The summed E-state index contributed by atoms with van der Waals surface area (Å²) in [5.41, 5.74) is 0. The van der Waals surface area contributed by atoms with E-state index >= 15 is 0 Å². The highest BCUT2D eigenvalue weighted by molar-refractivity contribution is 4.57. The molecule has 1 N–H and O–H groups in total. The van der Waals surface area contributed by atoms with Gasteiger partial charge in [0.2, 0.25) is 0 Å². The lowest BCUT2D eigenvalue weighted by atomic mass is 9.94. The van der Waals surface area contributed by atoms with Gasteiger partial charge in [0.05, 0.1) is 0 Å². The fourth-order valence-corrected chi connectivity index (χ4v) is 1.43. The second-order valence-electron chi connectivity index (χ2n) is 3.08. The first-order valence-corrected chi connectivity index (χ1v) is 4.60. The summed E-state index contributed by atoms with van der Waals surface area (Å²) in [5.74, 6) is 0.442. The van der Waals surface area contributed by atoms with Crippen molar-refractivity contribution in [2.45, 2.75) is 52.3 Å². The Morgan fingerprint density at radius 1 is 1.27 bits per heavy atom. The van der Waals surface area contributed by atoms with Gasteiger partial charge in [-0.3, -0.25) is 0 Å². The van der Waals surface area contributed by atoms with Crippen molar-refractivity contribution in [3.8, 4) is 0 Å². The molecule has 0 aromatic carbocycles. The van der Waals surface area contributed by atoms with Crippen LogP contribution in [-0.2, 0) is 0 Å². The average Bonchev–Trinajstić information content (AvgIpc) is 1.98. The van der Waals surface area contributed by atoms with Gasteiger partial charge < -0.3 is 5.11 Å². The first-order valence-electron chi connectivity index (χ1n) is 5.60. The Morgan fingerprint density at radius 2 is 2.00 bits per heavy atom. The lowest BCUT2D eigenvalue weighted by Crippen LogP contribution is -2.00. The van der Waals surface area contributed by atoms with Crippen LogP contribution in [0.25, 0.3) is 0 Å². The van der Waals surface area contributed by atoms with Crippen molar-refractivity contribution < 1.29 is 7.85 Å². The number of aliphatic hydroxyl groups excluding tert-OH is 1. The van der Waals surface area contributed by atoms with Crippen LogP contribution in [0.2, 0.25) is 0 Å². The Hall–Kier alpha value is -0.0400. The predicted molar refractivity (Wildman–Crippen MR) is 49.6 cm³/mol. The summed E-state index contributed by atoms with van der Waals surface area (Å²) < 4.78 is 15.0. The molecule has 0 fully saturated rings. The predicted octanol–water partition coefficient (Wildman–Crippen LogP) is 2.98. The molecule has 1 nitrogen and oxygen atoms in total. The third-order valence-electron chi connectivity index (χ3n) is 1.96. The van der Waals surface area contributed by atoms with Crippen LogP contribution in [-0.4, -0.2) is 11.7 Å². The number of hydrogen-bond acceptors (Lipinski definition) is 1. The van der Waals surface area contributed by atoms with E-state index in [0.717, 1.165) is 25.7 Å². The molecule has 0 heterocycles. The summed E-state index contributed by atoms with van der Waals surface area (Å²) in [6.07, 6.45) is 3.51. The number of aliphatic hydroxyl groups is 1. The van der Waals surface area contributed by atoms with Crippen LogP contribution in [0.15, 0.2) is 0 Å². The summed E-state index contributed by atoms with van der Waals surface area (Å²) in [7, 11) is 0. The Morgan fingerprint density at radius 3 is 2.45 bits per heavy atom. The Balaban J connectivity index is 3.79. The molecule has 68 valence electrons. The van der Waals surface area contributed by atoms with Gasteiger partial charge in [0.15, 0.2) is 0 Å². The van der Waals surface area contributed by atoms with Gasteiger partial charge in [-0.2, -0.15) is 0 Å². The SMILES string of the molecule is [2H]C([2H])(C)C[C@@H](CCC)CCCO. The molecular formula is C10H22O. The fraction of sp³-hybridized carbons (Fsp3) is 1.00. The zero-order valence-corrected chi connectivity index (χ0v) is 7.77. The molecule has 0 saturated heterocycles. The second-order valence-corrected chi connectivity index (χ2v) is 3.08. The smallest absolute Gasteiger partial charge is 0.0431 e. The monoisotopic (exact) mass is 160 g/mol. The molecule has 0 rings (SSSR count). The van der Waals surface area contributed by atoms with Crippen LogP contribution >= 0.6 is 0 Å². The second kappa shape index (κ2) is 8.06. The van der Waals surface area contributed by atoms with E-state index in [0.29, 0.717) is 12.3 Å². The van der Waals surface area contributed by atoms with E-state index in [-0.39, 0.29) is 6.61 Å². The van der Waals surface area contributed by atoms with Crippen LogP contribution < -0.4 is 0 Å². The molecule has 0 bridgehead atoms. The third-order valence-corrected chi connectivity index (χ3v) is 1.96. The van der Waals surface area contributed by atoms with E-state index in [9.17, 15) is 0 Å². The highest BCUT2D eigenvalue weighted by Crippen LogP contribution is 2.18. The van der Waals surface area contributed by atoms with Gasteiger partial charge in [-0.05, 0) is 18.8 Å². The molecule has 0 aliphatic rings. The number of hydrogen-bond donors (Lipinski definition) is 1. The number of rotatable bonds is 7. The summed E-state index contributed by atoms with van der Waals surface area (Å²) >= 11 is 0. The lowest BCUT2D eigenvalue weighted by Gasteiger charge is -2.13. The van der Waals surface area contributed by atoms with Crippen molar-refractivity contribution >= 4 is 0 Å². The summed E-state index contributed by atoms with van der Waals surface area (Å²) in [4.78, 5) is 0. The maximum Gasteiger partial charge on any atom is 0.0431 e. The van der Waals surface area contributed by atoms with E-state index in [1.165, 1.54) is 0 Å². The molecule has 1 heteroatoms. The van der Waals surface area contributed by atoms with Crippen LogP contribution in [0.1, 0.15) is 55.1 Å². The topological polar surface area (TPSA) is 20.2 Å². The molecule has 0 spiro atoms. The quantitative estimate of drug-likeness (QED) is 0.607. The molecule has 0 aliphatic carbocycles. The highest BCUT2D eigenvalue weighted by atomic mass is 16.2. The molecule has 0 aromatic rings. The normalized spacial score (nSPS) is 17.4. The van der Waals surface area contributed by atoms with Crippen molar-refractivity contribution in [2.24, 2.45) is 5.92 Å². The Labute approximate surface area is 73.6 Å². The van der Waals surface area contributed by atoms with Gasteiger partial charge in [-0.1, -0.05) is 39.5 Å². The van der Waals surface area contributed by atoms with Crippen molar-refractivity contribution in [3.05, 3.63) is 0 Å². The fourth-order valence-electron chi connectivity index (χ4n) is 1.43. The van der Waals surface area contributed by atoms with E-state index in [1.54, 1.807) is 6.92 Å². The lowest BCUT2D eigenvalue weighted by molar-refractivity contribution is 0.264. The average molecular weight is 160 g/mol. The van der Waals surface area contributed by atoms with Gasteiger partial charge in [0, 0.05) is 9.35 Å². The summed E-state index contributed by atoms with van der Waals surface area (Å²) in [6.45, 7) is 3.98. The van der Waals surface area contributed by atoms with Crippen molar-refractivity contribution in [1.82, 2.24) is 0 Å². The van der Waals surface area contributed by atoms with Crippen molar-refractivity contribution in [1.29, 1.82) is 0 Å². The first-order chi connectivity index (χ1) is 5.99. The van der Waals surface area contributed by atoms with Gasteiger partial charge >= 0.3 is 0 Å². The highest BCUT2D eigenvalue weighted by Gasteiger charge is 2.04. The largest absolute Gasteiger partial charge is 0.396 e. The first kappa shape index (κ1) is 7.60. The minimum atomic E-state index is -1.06. The van der Waals surface area contributed by atoms with Gasteiger partial charge in [-0.25, -0.2) is 0 Å². The summed E-state index contributed by atoms with van der Waals surface area (Å²) in [6, 6.07) is 0. The Kier molecular flexibility index (Phi) is 5.57. The van der Waals surface area contributed by atoms with Gasteiger partial charge in [0.1, 0.15) is 0 Å². The molecular weight excluding hydrogens is 136 g/mol. The van der Waals surface area contributed by atoms with E-state index < -0.39 is 6.37 Å². The van der Waals surface area contributed by atoms with Crippen LogP contribution in [0.3, 0.4) is 0 Å². The molecule has 0 amide bonds. The van der Waals surface area contributed by atoms with Gasteiger partial charge in [0.25, 0.3) is 0 Å². The molecule has 0 unspecified atom stereocenters. The molecule has 0 saturated carbocycles. The molecule has 1 atom stereocenters. The molecule has 0 aliphatic heterocycles. The van der Waals surface area contributed by atoms with E-state index in [4.69, 9.17) is 7.85 Å². The Bertz CT molecular complexity index is 121. The van der Waals surface area contributed by atoms with E-state index in [1.807, 2.05) is 0 Å².